The smallest absolute Gasteiger partial charge is 0.253 e. The second kappa shape index (κ2) is 6.24. The fourth-order valence-electron chi connectivity index (χ4n) is 1.46. The van der Waals surface area contributed by atoms with Crippen LogP contribution in [0, 0.1) is 5.92 Å². The molecule has 18 heavy (non-hydrogen) atoms. The van der Waals surface area contributed by atoms with E-state index >= 15 is 0 Å². The van der Waals surface area contributed by atoms with Crippen LogP contribution in [0.15, 0.2) is 6.07 Å². The Labute approximate surface area is 121 Å². The van der Waals surface area contributed by atoms with Gasteiger partial charge in [0.25, 0.3) is 5.91 Å². The van der Waals surface area contributed by atoms with Gasteiger partial charge in [0.05, 0.1) is 15.5 Å². The second-order valence-electron chi connectivity index (χ2n) is 4.59. The van der Waals surface area contributed by atoms with Gasteiger partial charge < -0.3 is 10.4 Å². The Morgan fingerprint density at radius 2 is 2.22 bits per heavy atom. The molecule has 0 bridgehead atoms. The van der Waals surface area contributed by atoms with Gasteiger partial charge in [-0.05, 0) is 18.9 Å². The Morgan fingerprint density at radius 1 is 1.61 bits per heavy atom. The average molecular weight is 310 g/mol. The highest BCUT2D eigenvalue weighted by Gasteiger charge is 2.28. The molecule has 2 N–H and O–H groups in total. The van der Waals surface area contributed by atoms with E-state index in [1.54, 1.807) is 6.92 Å². The van der Waals surface area contributed by atoms with Gasteiger partial charge in [-0.25, -0.2) is 0 Å². The van der Waals surface area contributed by atoms with E-state index < -0.39 is 5.60 Å². The van der Waals surface area contributed by atoms with E-state index in [-0.39, 0.29) is 18.4 Å². The Balaban J connectivity index is 2.64. The fourth-order valence-corrected chi connectivity index (χ4v) is 2.92. The molecule has 1 rings (SSSR count). The molecule has 6 heteroatoms. The van der Waals surface area contributed by atoms with Crippen molar-refractivity contribution < 1.29 is 9.90 Å². The van der Waals surface area contributed by atoms with Gasteiger partial charge in [0.2, 0.25) is 0 Å². The maximum absolute atomic E-state index is 11.9. The Morgan fingerprint density at radius 3 is 2.67 bits per heavy atom. The van der Waals surface area contributed by atoms with Gasteiger partial charge in [-0.2, -0.15) is 0 Å². The summed E-state index contributed by atoms with van der Waals surface area (Å²) in [5, 5.41) is 12.9. The Kier molecular flexibility index (Phi) is 5.46. The molecule has 0 aliphatic carbocycles. The van der Waals surface area contributed by atoms with Crippen molar-refractivity contribution in [2.45, 2.75) is 32.8 Å². The SMILES string of the molecule is CCC(C)C(C)(O)CNC(=O)c1cc(Cl)sc1Cl. The molecule has 1 aromatic heterocycles. The summed E-state index contributed by atoms with van der Waals surface area (Å²) in [7, 11) is 0. The van der Waals surface area contributed by atoms with E-state index in [1.807, 2.05) is 13.8 Å². The lowest BCUT2D eigenvalue weighted by molar-refractivity contribution is 0.00593. The molecule has 0 saturated carbocycles. The first-order valence-electron chi connectivity index (χ1n) is 5.73. The van der Waals surface area contributed by atoms with Crippen LogP contribution < -0.4 is 5.32 Å². The minimum atomic E-state index is -0.934. The number of hydrogen-bond acceptors (Lipinski definition) is 3. The van der Waals surface area contributed by atoms with Gasteiger partial charge in [-0.3, -0.25) is 4.79 Å². The number of carbonyl (C=O) groups excluding carboxylic acids is 1. The lowest BCUT2D eigenvalue weighted by atomic mass is 9.88. The van der Waals surface area contributed by atoms with E-state index in [9.17, 15) is 9.90 Å². The van der Waals surface area contributed by atoms with Crippen LogP contribution in [-0.2, 0) is 0 Å². The molecule has 0 spiro atoms. The zero-order valence-corrected chi connectivity index (χ0v) is 12.9. The third-order valence-electron chi connectivity index (χ3n) is 3.18. The predicted molar refractivity (Wildman–Crippen MR) is 76.8 cm³/mol. The molecule has 2 atom stereocenters. The van der Waals surface area contributed by atoms with Gasteiger partial charge in [-0.15, -0.1) is 11.3 Å². The lowest BCUT2D eigenvalue weighted by Gasteiger charge is -2.29. The number of thiophene rings is 1. The summed E-state index contributed by atoms with van der Waals surface area (Å²) in [5.74, 6) is -0.217. The number of hydrogen-bond donors (Lipinski definition) is 2. The second-order valence-corrected chi connectivity index (χ2v) is 6.87. The first-order valence-corrected chi connectivity index (χ1v) is 7.30. The van der Waals surface area contributed by atoms with Crippen molar-refractivity contribution in [3.05, 3.63) is 20.3 Å². The third-order valence-corrected chi connectivity index (χ3v) is 4.67. The minimum absolute atomic E-state index is 0.0966. The van der Waals surface area contributed by atoms with Crippen LogP contribution in [0.25, 0.3) is 0 Å². The van der Waals surface area contributed by atoms with E-state index in [1.165, 1.54) is 6.07 Å². The van der Waals surface area contributed by atoms with Crippen LogP contribution >= 0.6 is 34.5 Å². The summed E-state index contributed by atoms with van der Waals surface area (Å²) < 4.78 is 0.833. The predicted octanol–water partition coefficient (Wildman–Crippen LogP) is 3.58. The molecule has 3 nitrogen and oxygen atoms in total. The first kappa shape index (κ1) is 15.8. The number of nitrogens with one attached hydrogen (secondary N) is 1. The molecule has 0 radical (unpaired) electrons. The summed E-state index contributed by atoms with van der Waals surface area (Å²) in [6, 6.07) is 1.53. The molecule has 0 aliphatic rings. The fraction of sp³-hybridized carbons (Fsp3) is 0.583. The summed E-state index contributed by atoms with van der Waals surface area (Å²) in [6.07, 6.45) is 0.841. The molecular formula is C12H17Cl2NO2S. The highest BCUT2D eigenvalue weighted by molar-refractivity contribution is 7.20. The summed E-state index contributed by atoms with van der Waals surface area (Å²) >= 11 is 12.8. The normalized spacial score (nSPS) is 16.1. The highest BCUT2D eigenvalue weighted by atomic mass is 35.5. The van der Waals surface area contributed by atoms with Crippen LogP contribution in [0.3, 0.4) is 0 Å². The third kappa shape index (κ3) is 3.85. The quantitative estimate of drug-likeness (QED) is 0.873. The van der Waals surface area contributed by atoms with E-state index in [4.69, 9.17) is 23.2 Å². The van der Waals surface area contributed by atoms with Crippen LogP contribution in [0.2, 0.25) is 8.67 Å². The molecule has 102 valence electrons. The standard InChI is InChI=1S/C12H17Cl2NO2S/c1-4-7(2)12(3,17)6-15-11(16)8-5-9(13)18-10(8)14/h5,7,17H,4,6H2,1-3H3,(H,15,16). The minimum Gasteiger partial charge on any atom is -0.388 e. The number of amides is 1. The Hall–Kier alpha value is -0.290. The van der Waals surface area contributed by atoms with Crippen LogP contribution in [-0.4, -0.2) is 23.2 Å². The van der Waals surface area contributed by atoms with Gasteiger partial charge >= 0.3 is 0 Å². The summed E-state index contributed by atoms with van der Waals surface area (Å²) in [6.45, 7) is 5.84. The van der Waals surface area contributed by atoms with Crippen LogP contribution in [0.1, 0.15) is 37.6 Å². The van der Waals surface area contributed by atoms with Crippen molar-refractivity contribution in [3.8, 4) is 0 Å². The van der Waals surface area contributed by atoms with Crippen molar-refractivity contribution in [3.63, 3.8) is 0 Å². The Bertz CT molecular complexity index is 432. The van der Waals surface area contributed by atoms with Gasteiger partial charge in [0.15, 0.2) is 0 Å². The molecule has 0 fully saturated rings. The maximum Gasteiger partial charge on any atom is 0.253 e. The number of carbonyl (C=O) groups is 1. The highest BCUT2D eigenvalue weighted by Crippen LogP contribution is 2.31. The molecule has 0 aromatic carbocycles. The molecule has 0 aliphatic heterocycles. The van der Waals surface area contributed by atoms with E-state index in [0.29, 0.717) is 14.2 Å². The molecule has 2 unspecified atom stereocenters. The average Bonchev–Trinajstić information content (AvgIpc) is 2.64. The molecule has 0 saturated heterocycles. The van der Waals surface area contributed by atoms with Crippen LogP contribution in [0.4, 0.5) is 0 Å². The van der Waals surface area contributed by atoms with Crippen molar-refractivity contribution in [2.75, 3.05) is 6.54 Å². The number of halogens is 2. The van der Waals surface area contributed by atoms with Crippen molar-refractivity contribution in [1.82, 2.24) is 5.32 Å². The summed E-state index contributed by atoms with van der Waals surface area (Å²) in [5.41, 5.74) is -0.580. The number of aliphatic hydroxyl groups is 1. The number of rotatable bonds is 5. The molecular weight excluding hydrogens is 293 g/mol. The maximum atomic E-state index is 11.9. The van der Waals surface area contributed by atoms with Gasteiger partial charge in [0.1, 0.15) is 4.34 Å². The van der Waals surface area contributed by atoms with Crippen LogP contribution in [0.5, 0.6) is 0 Å². The van der Waals surface area contributed by atoms with Crippen molar-refractivity contribution in [1.29, 1.82) is 0 Å². The zero-order valence-electron chi connectivity index (χ0n) is 10.6. The van der Waals surface area contributed by atoms with Gasteiger partial charge in [-0.1, -0.05) is 43.5 Å². The molecule has 1 aromatic rings. The van der Waals surface area contributed by atoms with E-state index in [0.717, 1.165) is 17.8 Å². The topological polar surface area (TPSA) is 49.3 Å². The van der Waals surface area contributed by atoms with Gasteiger partial charge in [0, 0.05) is 6.54 Å². The largest absolute Gasteiger partial charge is 0.388 e. The zero-order chi connectivity index (χ0) is 13.9. The van der Waals surface area contributed by atoms with Crippen molar-refractivity contribution >= 4 is 40.4 Å². The monoisotopic (exact) mass is 309 g/mol. The summed E-state index contributed by atoms with van der Waals surface area (Å²) in [4.78, 5) is 11.9. The molecule has 1 heterocycles. The van der Waals surface area contributed by atoms with Crippen molar-refractivity contribution in [2.24, 2.45) is 5.92 Å². The lowest BCUT2D eigenvalue weighted by Crippen LogP contribution is -2.45. The first-order chi connectivity index (χ1) is 8.27. The molecule has 1 amide bonds. The van der Waals surface area contributed by atoms with E-state index in [2.05, 4.69) is 5.32 Å².